The fourth-order valence-corrected chi connectivity index (χ4v) is 3.57. The van der Waals surface area contributed by atoms with Crippen LogP contribution in [0.2, 0.25) is 0 Å². The van der Waals surface area contributed by atoms with Gasteiger partial charge in [0.1, 0.15) is 17.4 Å². The van der Waals surface area contributed by atoms with Gasteiger partial charge in [0, 0.05) is 51.9 Å². The molecule has 1 aliphatic rings. The number of nitrogen functional groups attached to an aromatic ring is 1. The fraction of sp³-hybridized carbons (Fsp3) is 0.500. The maximum Gasteiger partial charge on any atom is 0.223 e. The Balaban J connectivity index is 1.69. The summed E-state index contributed by atoms with van der Waals surface area (Å²) in [6.07, 6.45) is 0.715. The lowest BCUT2D eigenvalue weighted by Crippen LogP contribution is -2.53. The predicted molar refractivity (Wildman–Crippen MR) is 112 cm³/mol. The minimum atomic E-state index is 0.159. The van der Waals surface area contributed by atoms with Crippen LogP contribution >= 0.6 is 0 Å². The SMILES string of the molecule is CCOc1ccc(CN2CCN(c3cc(NC)nc(N)n3)C[C@@H]2CCO)cc1. The van der Waals surface area contributed by atoms with Gasteiger partial charge in [-0.05, 0) is 31.0 Å². The van der Waals surface area contributed by atoms with Crippen LogP contribution in [0, 0.1) is 0 Å². The first kappa shape index (κ1) is 20.2. The van der Waals surface area contributed by atoms with Gasteiger partial charge in [0.15, 0.2) is 0 Å². The molecule has 152 valence electrons. The first-order chi connectivity index (χ1) is 13.6. The first-order valence-electron chi connectivity index (χ1n) is 9.76. The summed E-state index contributed by atoms with van der Waals surface area (Å²) < 4.78 is 5.52. The number of benzene rings is 1. The highest BCUT2D eigenvalue weighted by Gasteiger charge is 2.27. The molecule has 0 saturated carbocycles. The molecule has 1 aliphatic heterocycles. The van der Waals surface area contributed by atoms with Crippen LogP contribution in [0.5, 0.6) is 5.75 Å². The van der Waals surface area contributed by atoms with Gasteiger partial charge in [-0.1, -0.05) is 12.1 Å². The van der Waals surface area contributed by atoms with E-state index in [0.29, 0.717) is 18.8 Å². The topological polar surface area (TPSA) is 99.8 Å². The summed E-state index contributed by atoms with van der Waals surface area (Å²) in [5, 5.41) is 12.6. The van der Waals surface area contributed by atoms with Crippen LogP contribution in [0.4, 0.5) is 17.6 Å². The summed E-state index contributed by atoms with van der Waals surface area (Å²) in [6.45, 7) is 6.18. The number of aromatic nitrogens is 2. The maximum absolute atomic E-state index is 9.56. The molecule has 1 atom stereocenters. The van der Waals surface area contributed by atoms with Crippen LogP contribution < -0.4 is 20.7 Å². The quantitative estimate of drug-likeness (QED) is 0.629. The summed E-state index contributed by atoms with van der Waals surface area (Å²) in [5.41, 5.74) is 7.09. The Morgan fingerprint density at radius 3 is 2.71 bits per heavy atom. The molecule has 8 heteroatoms. The van der Waals surface area contributed by atoms with Gasteiger partial charge in [-0.3, -0.25) is 4.90 Å². The predicted octanol–water partition coefficient (Wildman–Crippen LogP) is 1.57. The van der Waals surface area contributed by atoms with Gasteiger partial charge in [-0.15, -0.1) is 0 Å². The van der Waals surface area contributed by atoms with Crippen LogP contribution in [0.25, 0.3) is 0 Å². The molecular weight excluding hydrogens is 356 g/mol. The number of hydrogen-bond acceptors (Lipinski definition) is 8. The lowest BCUT2D eigenvalue weighted by molar-refractivity contribution is 0.135. The molecule has 0 spiro atoms. The number of nitrogens with two attached hydrogens (primary N) is 1. The Morgan fingerprint density at radius 2 is 2.04 bits per heavy atom. The van der Waals surface area contributed by atoms with Crippen molar-refractivity contribution >= 4 is 17.6 Å². The van der Waals surface area contributed by atoms with Gasteiger partial charge in [-0.25, -0.2) is 0 Å². The second kappa shape index (κ2) is 9.57. The van der Waals surface area contributed by atoms with Crippen molar-refractivity contribution in [1.82, 2.24) is 14.9 Å². The van der Waals surface area contributed by atoms with Crippen molar-refractivity contribution < 1.29 is 9.84 Å². The Morgan fingerprint density at radius 1 is 1.25 bits per heavy atom. The Hall–Kier alpha value is -2.58. The van der Waals surface area contributed by atoms with Crippen molar-refractivity contribution in [2.45, 2.75) is 25.9 Å². The van der Waals surface area contributed by atoms with Crippen molar-refractivity contribution in [2.24, 2.45) is 0 Å². The number of aliphatic hydroxyl groups excluding tert-OH is 1. The van der Waals surface area contributed by atoms with Gasteiger partial charge in [0.05, 0.1) is 6.61 Å². The summed E-state index contributed by atoms with van der Waals surface area (Å²) in [6, 6.07) is 10.4. The molecule has 1 saturated heterocycles. The van der Waals surface area contributed by atoms with Crippen LogP contribution in [0.15, 0.2) is 30.3 Å². The average molecular weight is 387 g/mol. The zero-order valence-electron chi connectivity index (χ0n) is 16.6. The first-order valence-corrected chi connectivity index (χ1v) is 9.76. The van der Waals surface area contributed by atoms with Gasteiger partial charge in [0.2, 0.25) is 5.95 Å². The van der Waals surface area contributed by atoms with E-state index in [1.54, 1.807) is 0 Å². The number of nitrogens with zero attached hydrogens (tertiary/aromatic N) is 4. The monoisotopic (exact) mass is 386 g/mol. The molecule has 0 radical (unpaired) electrons. The van der Waals surface area contributed by atoms with Crippen LogP contribution in [0.1, 0.15) is 18.9 Å². The van der Waals surface area contributed by atoms with E-state index in [2.05, 4.69) is 37.2 Å². The third-order valence-electron chi connectivity index (χ3n) is 5.00. The second-order valence-corrected chi connectivity index (χ2v) is 6.88. The average Bonchev–Trinajstić information content (AvgIpc) is 2.70. The van der Waals surface area contributed by atoms with E-state index in [4.69, 9.17) is 10.5 Å². The van der Waals surface area contributed by atoms with Crippen molar-refractivity contribution in [3.05, 3.63) is 35.9 Å². The largest absolute Gasteiger partial charge is 0.494 e. The summed E-state index contributed by atoms with van der Waals surface area (Å²) in [5.74, 6) is 2.68. The van der Waals surface area contributed by atoms with Gasteiger partial charge < -0.3 is 25.8 Å². The van der Waals surface area contributed by atoms with E-state index in [1.807, 2.05) is 32.2 Å². The molecule has 0 amide bonds. The van der Waals surface area contributed by atoms with E-state index >= 15 is 0 Å². The molecule has 2 aromatic rings. The molecule has 1 aromatic heterocycles. The highest BCUT2D eigenvalue weighted by atomic mass is 16.5. The summed E-state index contributed by atoms with van der Waals surface area (Å²) >= 11 is 0. The number of nitrogens with one attached hydrogen (secondary N) is 1. The number of anilines is 3. The number of ether oxygens (including phenoxy) is 1. The fourth-order valence-electron chi connectivity index (χ4n) is 3.57. The molecular formula is C20H30N6O2. The van der Waals surface area contributed by atoms with E-state index in [-0.39, 0.29) is 18.6 Å². The molecule has 2 heterocycles. The second-order valence-electron chi connectivity index (χ2n) is 6.88. The minimum absolute atomic E-state index is 0.159. The smallest absolute Gasteiger partial charge is 0.223 e. The molecule has 28 heavy (non-hydrogen) atoms. The maximum atomic E-state index is 9.56. The Bertz CT molecular complexity index is 755. The number of aliphatic hydroxyl groups is 1. The van der Waals surface area contributed by atoms with Crippen molar-refractivity contribution in [3.8, 4) is 5.75 Å². The molecule has 8 nitrogen and oxygen atoms in total. The Kier molecular flexibility index (Phi) is 6.89. The third kappa shape index (κ3) is 5.02. The highest BCUT2D eigenvalue weighted by Crippen LogP contribution is 2.23. The van der Waals surface area contributed by atoms with E-state index in [1.165, 1.54) is 5.56 Å². The lowest BCUT2D eigenvalue weighted by Gasteiger charge is -2.42. The molecule has 4 N–H and O–H groups in total. The van der Waals surface area contributed by atoms with Gasteiger partial charge in [0.25, 0.3) is 0 Å². The minimum Gasteiger partial charge on any atom is -0.494 e. The molecule has 0 bridgehead atoms. The molecule has 0 unspecified atom stereocenters. The summed E-state index contributed by atoms with van der Waals surface area (Å²) in [7, 11) is 1.81. The van der Waals surface area contributed by atoms with E-state index in [0.717, 1.165) is 37.7 Å². The van der Waals surface area contributed by atoms with Crippen molar-refractivity contribution in [3.63, 3.8) is 0 Å². The molecule has 1 aromatic carbocycles. The van der Waals surface area contributed by atoms with E-state index < -0.39 is 0 Å². The third-order valence-corrected chi connectivity index (χ3v) is 5.00. The van der Waals surface area contributed by atoms with Crippen molar-refractivity contribution in [2.75, 3.05) is 55.8 Å². The molecule has 0 aliphatic carbocycles. The van der Waals surface area contributed by atoms with E-state index in [9.17, 15) is 5.11 Å². The van der Waals surface area contributed by atoms with Crippen molar-refractivity contribution in [1.29, 1.82) is 0 Å². The van der Waals surface area contributed by atoms with Gasteiger partial charge in [-0.2, -0.15) is 9.97 Å². The summed E-state index contributed by atoms with van der Waals surface area (Å²) in [4.78, 5) is 13.2. The van der Waals surface area contributed by atoms with Crippen LogP contribution in [-0.4, -0.2) is 65.9 Å². The van der Waals surface area contributed by atoms with Crippen LogP contribution in [0.3, 0.4) is 0 Å². The standard InChI is InChI=1S/C20H30N6O2/c1-3-28-17-6-4-15(5-7-17)13-25-9-10-26(14-16(25)8-11-27)19-12-18(22-2)23-20(21)24-19/h4-7,12,16,27H,3,8-11,13-14H2,1-2H3,(H3,21,22,23,24)/t16-/m0/s1. The highest BCUT2D eigenvalue weighted by molar-refractivity contribution is 5.52. The number of rotatable bonds is 8. The number of piperazine rings is 1. The lowest BCUT2D eigenvalue weighted by atomic mass is 10.1. The normalized spacial score (nSPS) is 17.5. The zero-order valence-corrected chi connectivity index (χ0v) is 16.6. The zero-order chi connectivity index (χ0) is 19.9. The Labute approximate surface area is 166 Å². The number of hydrogen-bond donors (Lipinski definition) is 3. The molecule has 1 fully saturated rings. The molecule has 3 rings (SSSR count). The van der Waals surface area contributed by atoms with Gasteiger partial charge >= 0.3 is 0 Å². The van der Waals surface area contributed by atoms with Crippen LogP contribution in [-0.2, 0) is 6.54 Å².